The van der Waals surface area contributed by atoms with Gasteiger partial charge in [-0.2, -0.15) is 5.10 Å². The highest BCUT2D eigenvalue weighted by atomic mass is 15.3. The summed E-state index contributed by atoms with van der Waals surface area (Å²) in [4.78, 5) is 4.77. The van der Waals surface area contributed by atoms with Crippen LogP contribution in [0.5, 0.6) is 0 Å². The first-order valence-corrected chi connectivity index (χ1v) is 7.34. The SMILES string of the molecule is CCNC(C)Cc1nc(C2CCCCC2)nn1C. The van der Waals surface area contributed by atoms with E-state index in [1.165, 1.54) is 32.1 Å². The standard InChI is InChI=1S/C14H26N4/c1-4-15-11(2)10-13-16-14(17-18(13)3)12-8-6-5-7-9-12/h11-12,15H,4-10H2,1-3H3. The maximum Gasteiger partial charge on any atom is 0.154 e. The number of nitrogens with one attached hydrogen (secondary N) is 1. The highest BCUT2D eigenvalue weighted by molar-refractivity contribution is 5.01. The van der Waals surface area contributed by atoms with Crippen molar-refractivity contribution in [2.24, 2.45) is 7.05 Å². The molecule has 1 aromatic rings. The molecule has 1 N–H and O–H groups in total. The van der Waals surface area contributed by atoms with E-state index in [9.17, 15) is 0 Å². The van der Waals surface area contributed by atoms with Crippen LogP contribution in [-0.2, 0) is 13.5 Å². The first-order valence-electron chi connectivity index (χ1n) is 7.34. The summed E-state index contributed by atoms with van der Waals surface area (Å²) in [5.41, 5.74) is 0. The van der Waals surface area contributed by atoms with Gasteiger partial charge in [0.1, 0.15) is 5.82 Å². The number of aromatic nitrogens is 3. The van der Waals surface area contributed by atoms with Crippen molar-refractivity contribution in [3.8, 4) is 0 Å². The summed E-state index contributed by atoms with van der Waals surface area (Å²) in [6.07, 6.45) is 7.56. The molecule has 18 heavy (non-hydrogen) atoms. The Morgan fingerprint density at radius 3 is 2.72 bits per heavy atom. The lowest BCUT2D eigenvalue weighted by Crippen LogP contribution is -2.28. The van der Waals surface area contributed by atoms with Crippen LogP contribution in [0, 0.1) is 0 Å². The van der Waals surface area contributed by atoms with E-state index in [1.807, 2.05) is 11.7 Å². The average Bonchev–Trinajstić information content (AvgIpc) is 2.72. The van der Waals surface area contributed by atoms with Gasteiger partial charge in [-0.3, -0.25) is 4.68 Å². The highest BCUT2D eigenvalue weighted by Crippen LogP contribution is 2.30. The van der Waals surface area contributed by atoms with Crippen LogP contribution in [0.2, 0.25) is 0 Å². The average molecular weight is 250 g/mol. The molecule has 1 fully saturated rings. The summed E-state index contributed by atoms with van der Waals surface area (Å²) in [7, 11) is 2.02. The predicted octanol–water partition coefficient (Wildman–Crippen LogP) is 2.40. The van der Waals surface area contributed by atoms with Crippen LogP contribution in [0.4, 0.5) is 0 Å². The number of rotatable bonds is 5. The van der Waals surface area contributed by atoms with Gasteiger partial charge in [0.25, 0.3) is 0 Å². The molecule has 0 aromatic carbocycles. The number of aryl methyl sites for hydroxylation is 1. The van der Waals surface area contributed by atoms with Crippen molar-refractivity contribution in [2.75, 3.05) is 6.54 Å². The van der Waals surface area contributed by atoms with Crippen molar-refractivity contribution >= 4 is 0 Å². The fraction of sp³-hybridized carbons (Fsp3) is 0.857. The van der Waals surface area contributed by atoms with E-state index >= 15 is 0 Å². The predicted molar refractivity (Wildman–Crippen MR) is 73.7 cm³/mol. The fourth-order valence-corrected chi connectivity index (χ4v) is 2.84. The van der Waals surface area contributed by atoms with Crippen LogP contribution in [-0.4, -0.2) is 27.4 Å². The Morgan fingerprint density at radius 2 is 2.06 bits per heavy atom. The topological polar surface area (TPSA) is 42.7 Å². The summed E-state index contributed by atoms with van der Waals surface area (Å²) >= 11 is 0. The van der Waals surface area contributed by atoms with Gasteiger partial charge in [-0.15, -0.1) is 0 Å². The second kappa shape index (κ2) is 6.32. The lowest BCUT2D eigenvalue weighted by Gasteiger charge is -2.18. The molecule has 1 aliphatic rings. The molecule has 1 heterocycles. The van der Waals surface area contributed by atoms with E-state index < -0.39 is 0 Å². The van der Waals surface area contributed by atoms with Gasteiger partial charge in [-0.1, -0.05) is 26.2 Å². The number of hydrogen-bond acceptors (Lipinski definition) is 3. The third kappa shape index (κ3) is 3.31. The molecule has 2 rings (SSSR count). The Hall–Kier alpha value is -0.900. The minimum atomic E-state index is 0.470. The van der Waals surface area contributed by atoms with Crippen molar-refractivity contribution in [1.82, 2.24) is 20.1 Å². The number of nitrogens with zero attached hydrogens (tertiary/aromatic N) is 3. The first kappa shape index (κ1) is 13.5. The van der Waals surface area contributed by atoms with Gasteiger partial charge in [-0.05, 0) is 26.3 Å². The monoisotopic (exact) mass is 250 g/mol. The van der Waals surface area contributed by atoms with E-state index in [-0.39, 0.29) is 0 Å². The van der Waals surface area contributed by atoms with Crippen molar-refractivity contribution in [3.63, 3.8) is 0 Å². The van der Waals surface area contributed by atoms with Crippen molar-refractivity contribution in [2.45, 2.75) is 64.3 Å². The molecule has 1 atom stereocenters. The van der Waals surface area contributed by atoms with E-state index in [2.05, 4.69) is 24.3 Å². The molecule has 0 bridgehead atoms. The van der Waals surface area contributed by atoms with E-state index in [0.717, 1.165) is 24.6 Å². The van der Waals surface area contributed by atoms with Gasteiger partial charge in [-0.25, -0.2) is 4.98 Å². The molecule has 0 amide bonds. The summed E-state index contributed by atoms with van der Waals surface area (Å²) < 4.78 is 1.97. The molecule has 0 aliphatic heterocycles. The quantitative estimate of drug-likeness (QED) is 0.872. The van der Waals surface area contributed by atoms with Crippen molar-refractivity contribution < 1.29 is 0 Å². The van der Waals surface area contributed by atoms with E-state index in [4.69, 9.17) is 4.98 Å². The van der Waals surface area contributed by atoms with Crippen LogP contribution in [0.1, 0.15) is 63.5 Å². The van der Waals surface area contributed by atoms with Gasteiger partial charge in [0, 0.05) is 25.4 Å². The second-order valence-corrected chi connectivity index (χ2v) is 5.51. The summed E-state index contributed by atoms with van der Waals surface area (Å²) in [6.45, 7) is 5.35. The molecular weight excluding hydrogens is 224 g/mol. The Kier molecular flexibility index (Phi) is 4.75. The molecule has 102 valence electrons. The molecular formula is C14H26N4. The van der Waals surface area contributed by atoms with Crippen LogP contribution >= 0.6 is 0 Å². The third-order valence-corrected chi connectivity index (χ3v) is 3.88. The zero-order chi connectivity index (χ0) is 13.0. The fourth-order valence-electron chi connectivity index (χ4n) is 2.84. The number of hydrogen-bond donors (Lipinski definition) is 1. The Balaban J connectivity index is 2.01. The molecule has 1 aromatic heterocycles. The number of likely N-dealkylation sites (N-methyl/N-ethyl adjacent to an activating group) is 1. The second-order valence-electron chi connectivity index (χ2n) is 5.51. The van der Waals surface area contributed by atoms with Gasteiger partial charge in [0.15, 0.2) is 5.82 Å². The molecule has 1 aliphatic carbocycles. The maximum atomic E-state index is 4.77. The molecule has 4 heteroatoms. The van der Waals surface area contributed by atoms with E-state index in [0.29, 0.717) is 12.0 Å². The van der Waals surface area contributed by atoms with Crippen LogP contribution < -0.4 is 5.32 Å². The lowest BCUT2D eigenvalue weighted by molar-refractivity contribution is 0.427. The summed E-state index contributed by atoms with van der Waals surface area (Å²) in [5.74, 6) is 2.80. The zero-order valence-electron chi connectivity index (χ0n) is 11.9. The molecule has 0 saturated heterocycles. The highest BCUT2D eigenvalue weighted by Gasteiger charge is 2.21. The minimum Gasteiger partial charge on any atom is -0.314 e. The minimum absolute atomic E-state index is 0.470. The Labute approximate surface area is 110 Å². The van der Waals surface area contributed by atoms with Gasteiger partial charge in [0.2, 0.25) is 0 Å². The maximum absolute atomic E-state index is 4.77. The molecule has 1 unspecified atom stereocenters. The normalized spacial score (nSPS) is 19.1. The largest absolute Gasteiger partial charge is 0.314 e. The first-order chi connectivity index (χ1) is 8.70. The van der Waals surface area contributed by atoms with E-state index in [1.54, 1.807) is 0 Å². The van der Waals surface area contributed by atoms with Gasteiger partial charge >= 0.3 is 0 Å². The van der Waals surface area contributed by atoms with Crippen LogP contribution in [0.15, 0.2) is 0 Å². The zero-order valence-corrected chi connectivity index (χ0v) is 11.9. The van der Waals surface area contributed by atoms with Crippen molar-refractivity contribution in [1.29, 1.82) is 0 Å². The Morgan fingerprint density at radius 1 is 1.33 bits per heavy atom. The lowest BCUT2D eigenvalue weighted by atomic mass is 9.89. The van der Waals surface area contributed by atoms with Crippen molar-refractivity contribution in [3.05, 3.63) is 11.6 Å². The van der Waals surface area contributed by atoms with Crippen LogP contribution in [0.3, 0.4) is 0 Å². The third-order valence-electron chi connectivity index (χ3n) is 3.88. The summed E-state index contributed by atoms with van der Waals surface area (Å²) in [5, 5.41) is 8.05. The Bertz CT molecular complexity index is 366. The van der Waals surface area contributed by atoms with Crippen LogP contribution in [0.25, 0.3) is 0 Å². The van der Waals surface area contributed by atoms with Gasteiger partial charge < -0.3 is 5.32 Å². The molecule has 0 spiro atoms. The smallest absolute Gasteiger partial charge is 0.154 e. The molecule has 4 nitrogen and oxygen atoms in total. The molecule has 1 saturated carbocycles. The summed E-state index contributed by atoms with van der Waals surface area (Å²) in [6, 6.07) is 0.470. The molecule has 0 radical (unpaired) electrons. The van der Waals surface area contributed by atoms with Gasteiger partial charge in [0.05, 0.1) is 0 Å².